The number of aromatic hydroxyl groups is 1. The van der Waals surface area contributed by atoms with E-state index in [2.05, 4.69) is 21.2 Å². The number of methoxy groups -OCH3 is 1. The molecule has 0 aliphatic carbocycles. The van der Waals surface area contributed by atoms with E-state index < -0.39 is 0 Å². The zero-order chi connectivity index (χ0) is 17.7. The highest BCUT2D eigenvalue weighted by molar-refractivity contribution is 9.10. The number of phenols is 1. The van der Waals surface area contributed by atoms with E-state index in [1.807, 2.05) is 19.1 Å². The lowest BCUT2D eigenvalue weighted by Gasteiger charge is -2.17. The third-order valence-electron chi connectivity index (χ3n) is 3.27. The molecule has 0 unspecified atom stereocenters. The number of rotatable bonds is 7. The first-order valence-corrected chi connectivity index (χ1v) is 8.92. The summed E-state index contributed by atoms with van der Waals surface area (Å²) in [5.41, 5.74) is 1.62. The van der Waals surface area contributed by atoms with Gasteiger partial charge in [-0.15, -0.1) is 0 Å². The number of hydrogen-bond donors (Lipinski definition) is 2. The molecule has 24 heavy (non-hydrogen) atoms. The van der Waals surface area contributed by atoms with Gasteiger partial charge in [0.1, 0.15) is 0 Å². The molecule has 0 amide bonds. The number of nitrogens with one attached hydrogen (secondary N) is 1. The number of halogens is 3. The molecule has 0 spiro atoms. The Morgan fingerprint density at radius 3 is 2.42 bits per heavy atom. The average Bonchev–Trinajstić information content (AvgIpc) is 2.56. The molecule has 0 atom stereocenters. The second-order valence-corrected chi connectivity index (χ2v) is 6.82. The summed E-state index contributed by atoms with van der Waals surface area (Å²) in [6, 6.07) is 7.06. The Labute approximate surface area is 159 Å². The molecule has 0 aromatic heterocycles. The first kappa shape index (κ1) is 19.0. The van der Waals surface area contributed by atoms with E-state index in [4.69, 9.17) is 32.7 Å². The molecular formula is C17H18BrCl2NO3. The minimum atomic E-state index is -0.125. The van der Waals surface area contributed by atoms with Crippen molar-refractivity contribution < 1.29 is 14.6 Å². The van der Waals surface area contributed by atoms with Crippen LogP contribution in [0.5, 0.6) is 17.2 Å². The Kier molecular flexibility index (Phi) is 6.90. The summed E-state index contributed by atoms with van der Waals surface area (Å²) >= 11 is 15.4. The van der Waals surface area contributed by atoms with Crippen LogP contribution in [0.3, 0.4) is 0 Å². The van der Waals surface area contributed by atoms with Gasteiger partial charge in [-0.3, -0.25) is 0 Å². The summed E-state index contributed by atoms with van der Waals surface area (Å²) < 4.78 is 12.1. The predicted octanol–water partition coefficient (Wildman–Crippen LogP) is 5.87. The lowest BCUT2D eigenvalue weighted by Crippen LogP contribution is -2.06. The summed E-state index contributed by atoms with van der Waals surface area (Å²) in [6.45, 7) is 3.12. The number of ether oxygens (including phenoxy) is 2. The van der Waals surface area contributed by atoms with Crippen molar-refractivity contribution >= 4 is 44.8 Å². The van der Waals surface area contributed by atoms with E-state index >= 15 is 0 Å². The van der Waals surface area contributed by atoms with Gasteiger partial charge in [0.15, 0.2) is 17.2 Å². The maximum absolute atomic E-state index is 9.63. The standard InChI is InChI=1S/C17H18BrCl2NO3/c1-3-4-24-17-10(5-11(18)6-15(17)23-2)9-21-12-7-13(19)16(22)14(20)8-12/h5-8,21-22H,3-4,9H2,1-2H3. The normalized spacial score (nSPS) is 10.5. The SMILES string of the molecule is CCCOc1c(CNc2cc(Cl)c(O)c(Cl)c2)cc(Br)cc1OC. The molecule has 7 heteroatoms. The lowest BCUT2D eigenvalue weighted by molar-refractivity contribution is 0.291. The molecular weight excluding hydrogens is 417 g/mol. The molecule has 0 radical (unpaired) electrons. The van der Waals surface area contributed by atoms with Gasteiger partial charge in [0.2, 0.25) is 0 Å². The Hall–Kier alpha value is -1.30. The number of hydrogen-bond acceptors (Lipinski definition) is 4. The fourth-order valence-corrected chi connectivity index (χ4v) is 3.11. The molecule has 0 aliphatic rings. The van der Waals surface area contributed by atoms with Crippen molar-refractivity contribution in [3.05, 3.63) is 44.3 Å². The molecule has 0 fully saturated rings. The zero-order valence-electron chi connectivity index (χ0n) is 13.3. The van der Waals surface area contributed by atoms with Crippen molar-refractivity contribution in [1.82, 2.24) is 0 Å². The first-order valence-electron chi connectivity index (χ1n) is 7.37. The molecule has 2 aromatic carbocycles. The van der Waals surface area contributed by atoms with Crippen LogP contribution in [-0.4, -0.2) is 18.8 Å². The summed E-state index contributed by atoms with van der Waals surface area (Å²) in [6.07, 6.45) is 0.898. The van der Waals surface area contributed by atoms with Crippen LogP contribution in [0.2, 0.25) is 10.0 Å². The second-order valence-electron chi connectivity index (χ2n) is 5.09. The van der Waals surface area contributed by atoms with Gasteiger partial charge in [-0.05, 0) is 30.7 Å². The van der Waals surface area contributed by atoms with Crippen molar-refractivity contribution in [2.75, 3.05) is 19.0 Å². The van der Waals surface area contributed by atoms with Crippen molar-refractivity contribution in [3.8, 4) is 17.2 Å². The quantitative estimate of drug-likeness (QED) is 0.535. The summed E-state index contributed by atoms with van der Waals surface area (Å²) in [5, 5.41) is 13.2. The minimum absolute atomic E-state index is 0.125. The zero-order valence-corrected chi connectivity index (χ0v) is 16.4. The van der Waals surface area contributed by atoms with E-state index in [0.717, 1.165) is 16.5 Å². The molecule has 4 nitrogen and oxygen atoms in total. The van der Waals surface area contributed by atoms with Crippen molar-refractivity contribution in [1.29, 1.82) is 0 Å². The highest BCUT2D eigenvalue weighted by Crippen LogP contribution is 2.37. The smallest absolute Gasteiger partial charge is 0.166 e. The molecule has 0 saturated carbocycles. The fraction of sp³-hybridized carbons (Fsp3) is 0.294. The van der Waals surface area contributed by atoms with E-state index in [-0.39, 0.29) is 15.8 Å². The van der Waals surface area contributed by atoms with Crippen molar-refractivity contribution in [3.63, 3.8) is 0 Å². The molecule has 0 saturated heterocycles. The Morgan fingerprint density at radius 2 is 1.83 bits per heavy atom. The van der Waals surface area contributed by atoms with Gasteiger partial charge >= 0.3 is 0 Å². The number of anilines is 1. The molecule has 130 valence electrons. The van der Waals surface area contributed by atoms with Gasteiger partial charge in [0.25, 0.3) is 0 Å². The van der Waals surface area contributed by atoms with Gasteiger partial charge in [0.05, 0.1) is 23.8 Å². The summed E-state index contributed by atoms with van der Waals surface area (Å²) in [4.78, 5) is 0. The van der Waals surface area contributed by atoms with E-state index in [1.54, 1.807) is 19.2 Å². The summed E-state index contributed by atoms with van der Waals surface area (Å²) in [7, 11) is 1.61. The topological polar surface area (TPSA) is 50.7 Å². The maximum atomic E-state index is 9.63. The largest absolute Gasteiger partial charge is 0.505 e. The van der Waals surface area contributed by atoms with Crippen LogP contribution in [0.15, 0.2) is 28.7 Å². The molecule has 0 bridgehead atoms. The highest BCUT2D eigenvalue weighted by atomic mass is 79.9. The maximum Gasteiger partial charge on any atom is 0.166 e. The third-order valence-corrected chi connectivity index (χ3v) is 4.30. The molecule has 2 rings (SSSR count). The molecule has 0 heterocycles. The van der Waals surface area contributed by atoms with Crippen LogP contribution < -0.4 is 14.8 Å². The molecule has 2 N–H and O–H groups in total. The fourth-order valence-electron chi connectivity index (χ4n) is 2.14. The van der Waals surface area contributed by atoms with E-state index in [1.165, 1.54) is 0 Å². The average molecular weight is 435 g/mol. The van der Waals surface area contributed by atoms with Gasteiger partial charge in [-0.1, -0.05) is 46.1 Å². The highest BCUT2D eigenvalue weighted by Gasteiger charge is 2.13. The van der Waals surface area contributed by atoms with E-state index in [0.29, 0.717) is 30.3 Å². The van der Waals surface area contributed by atoms with Gasteiger partial charge in [-0.25, -0.2) is 0 Å². The van der Waals surface area contributed by atoms with Gasteiger partial charge < -0.3 is 19.9 Å². The molecule has 2 aromatic rings. The van der Waals surface area contributed by atoms with Crippen LogP contribution in [0, 0.1) is 0 Å². The Morgan fingerprint density at radius 1 is 1.17 bits per heavy atom. The lowest BCUT2D eigenvalue weighted by atomic mass is 10.1. The number of phenolic OH excluding ortho intramolecular Hbond substituents is 1. The minimum Gasteiger partial charge on any atom is -0.505 e. The van der Waals surface area contributed by atoms with E-state index in [9.17, 15) is 5.11 Å². The van der Waals surface area contributed by atoms with Crippen LogP contribution in [-0.2, 0) is 6.54 Å². The second kappa shape index (κ2) is 8.70. The van der Waals surface area contributed by atoms with Crippen LogP contribution in [0.1, 0.15) is 18.9 Å². The van der Waals surface area contributed by atoms with Crippen molar-refractivity contribution in [2.24, 2.45) is 0 Å². The molecule has 0 aliphatic heterocycles. The van der Waals surface area contributed by atoms with Crippen LogP contribution in [0.25, 0.3) is 0 Å². The predicted molar refractivity (Wildman–Crippen MR) is 102 cm³/mol. The number of benzene rings is 2. The third kappa shape index (κ3) is 4.62. The van der Waals surface area contributed by atoms with Gasteiger partial charge in [0, 0.05) is 22.3 Å². The van der Waals surface area contributed by atoms with Gasteiger partial charge in [-0.2, -0.15) is 0 Å². The van der Waals surface area contributed by atoms with Crippen molar-refractivity contribution in [2.45, 2.75) is 19.9 Å². The summed E-state index contributed by atoms with van der Waals surface area (Å²) in [5.74, 6) is 1.24. The first-order chi connectivity index (χ1) is 11.5. The monoisotopic (exact) mass is 433 g/mol. The van der Waals surface area contributed by atoms with Crippen LogP contribution >= 0.6 is 39.1 Å². The van der Waals surface area contributed by atoms with Crippen LogP contribution in [0.4, 0.5) is 5.69 Å². The Balaban J connectivity index is 2.26. The Bertz CT molecular complexity index is 702.